The highest BCUT2D eigenvalue weighted by atomic mass is 19.4. The summed E-state index contributed by atoms with van der Waals surface area (Å²) in [5.41, 5.74) is 4.70. The van der Waals surface area contributed by atoms with Gasteiger partial charge >= 0.3 is 12.1 Å². The fraction of sp³-hybridized carbons (Fsp3) is 0.333. The Bertz CT molecular complexity index is 521. The summed E-state index contributed by atoms with van der Waals surface area (Å²) < 4.78 is 41.8. The first-order valence-corrected chi connectivity index (χ1v) is 5.23. The van der Waals surface area contributed by atoms with Gasteiger partial charge in [-0.05, 0) is 24.1 Å². The molecule has 0 radical (unpaired) electrons. The van der Waals surface area contributed by atoms with E-state index in [-0.39, 0.29) is 17.5 Å². The van der Waals surface area contributed by atoms with Crippen LogP contribution in [-0.2, 0) is 22.1 Å². The van der Waals surface area contributed by atoms with Gasteiger partial charge in [-0.25, -0.2) is 0 Å². The van der Waals surface area contributed by atoms with Crippen LogP contribution in [0.5, 0.6) is 0 Å². The number of carbonyl (C=O) groups is 1. The molecule has 0 unspecified atom stereocenters. The molecule has 1 aromatic carbocycles. The third-order valence-electron chi connectivity index (χ3n) is 2.50. The first-order chi connectivity index (χ1) is 8.79. The molecule has 102 valence electrons. The normalized spacial score (nSPS) is 12.6. The van der Waals surface area contributed by atoms with Crippen LogP contribution in [0.2, 0.25) is 0 Å². The molecule has 0 saturated heterocycles. The summed E-state index contributed by atoms with van der Waals surface area (Å²) in [5, 5.41) is 8.84. The molecule has 4 nitrogen and oxygen atoms in total. The number of carbonyl (C=O) groups excluding carboxylic acids is 1. The van der Waals surface area contributed by atoms with E-state index in [1.54, 1.807) is 6.07 Å². The Morgan fingerprint density at radius 1 is 1.53 bits per heavy atom. The molecule has 19 heavy (non-hydrogen) atoms. The molecule has 0 aromatic heterocycles. The van der Waals surface area contributed by atoms with Gasteiger partial charge in [-0.15, -0.1) is 0 Å². The molecule has 0 bridgehead atoms. The van der Waals surface area contributed by atoms with Crippen LogP contribution in [0.25, 0.3) is 0 Å². The van der Waals surface area contributed by atoms with Gasteiger partial charge in [0.2, 0.25) is 0 Å². The van der Waals surface area contributed by atoms with Gasteiger partial charge in [0.05, 0.1) is 24.3 Å². The van der Waals surface area contributed by atoms with Crippen molar-refractivity contribution in [2.45, 2.75) is 18.6 Å². The monoisotopic (exact) mass is 272 g/mol. The molecule has 1 rings (SSSR count). The molecule has 0 spiro atoms. The summed E-state index contributed by atoms with van der Waals surface area (Å²) in [5.74, 6) is -0.691. The number of benzene rings is 1. The number of methoxy groups -OCH3 is 1. The maximum Gasteiger partial charge on any atom is 0.416 e. The van der Waals surface area contributed by atoms with E-state index < -0.39 is 23.8 Å². The molecular weight excluding hydrogens is 261 g/mol. The number of hydrogen-bond acceptors (Lipinski definition) is 4. The Kier molecular flexibility index (Phi) is 4.51. The maximum atomic E-state index is 12.5. The third-order valence-corrected chi connectivity index (χ3v) is 2.50. The molecule has 0 amide bonds. The Morgan fingerprint density at radius 2 is 2.16 bits per heavy atom. The lowest BCUT2D eigenvalue weighted by Crippen LogP contribution is -2.33. The van der Waals surface area contributed by atoms with Crippen LogP contribution in [0.1, 0.15) is 16.7 Å². The minimum atomic E-state index is -4.52. The second-order valence-corrected chi connectivity index (χ2v) is 3.82. The summed E-state index contributed by atoms with van der Waals surface area (Å²) in [7, 11) is 1.15. The van der Waals surface area contributed by atoms with Gasteiger partial charge in [0.25, 0.3) is 0 Å². The molecule has 1 atom stereocenters. The molecule has 0 aliphatic heterocycles. The van der Waals surface area contributed by atoms with Crippen LogP contribution in [-0.4, -0.2) is 19.1 Å². The molecular formula is C12H11F3N2O2. The summed E-state index contributed by atoms with van der Waals surface area (Å²) in [6.07, 6.45) is -4.58. The number of hydrogen-bond donors (Lipinski definition) is 1. The van der Waals surface area contributed by atoms with Gasteiger partial charge < -0.3 is 10.5 Å². The molecule has 0 aliphatic carbocycles. The highest BCUT2D eigenvalue weighted by Gasteiger charge is 2.31. The van der Waals surface area contributed by atoms with E-state index in [0.717, 1.165) is 25.3 Å². The van der Waals surface area contributed by atoms with E-state index in [4.69, 9.17) is 11.0 Å². The van der Waals surface area contributed by atoms with E-state index in [9.17, 15) is 18.0 Å². The number of nitriles is 1. The van der Waals surface area contributed by atoms with Crippen LogP contribution in [0.3, 0.4) is 0 Å². The van der Waals surface area contributed by atoms with Crippen molar-refractivity contribution in [2.75, 3.05) is 7.11 Å². The fourth-order valence-electron chi connectivity index (χ4n) is 1.51. The quantitative estimate of drug-likeness (QED) is 0.848. The lowest BCUT2D eigenvalue weighted by atomic mass is 9.99. The SMILES string of the molecule is COC(=O)[C@@H](N)Cc1ccc(C(F)(F)F)cc1C#N. The lowest BCUT2D eigenvalue weighted by Gasteiger charge is -2.12. The predicted molar refractivity (Wildman–Crippen MR) is 59.9 cm³/mol. The zero-order chi connectivity index (χ0) is 14.6. The highest BCUT2D eigenvalue weighted by molar-refractivity contribution is 5.75. The Balaban J connectivity index is 3.05. The van der Waals surface area contributed by atoms with Crippen molar-refractivity contribution in [1.82, 2.24) is 0 Å². The predicted octanol–water partition coefficient (Wildman–Crippen LogP) is 1.62. The second kappa shape index (κ2) is 5.71. The van der Waals surface area contributed by atoms with Gasteiger partial charge in [-0.1, -0.05) is 6.07 Å². The van der Waals surface area contributed by atoms with Crippen molar-refractivity contribution in [2.24, 2.45) is 5.73 Å². The summed E-state index contributed by atoms with van der Waals surface area (Å²) in [6, 6.07) is 3.37. The number of ether oxygens (including phenoxy) is 1. The highest BCUT2D eigenvalue weighted by Crippen LogP contribution is 2.30. The molecule has 1 aromatic rings. The minimum Gasteiger partial charge on any atom is -0.468 e. The number of nitrogens with zero attached hydrogens (tertiary/aromatic N) is 1. The second-order valence-electron chi connectivity index (χ2n) is 3.82. The van der Waals surface area contributed by atoms with E-state index in [2.05, 4.69) is 4.74 Å². The number of rotatable bonds is 3. The van der Waals surface area contributed by atoms with Crippen LogP contribution in [0.4, 0.5) is 13.2 Å². The van der Waals surface area contributed by atoms with Crippen molar-refractivity contribution < 1.29 is 22.7 Å². The number of alkyl halides is 3. The van der Waals surface area contributed by atoms with Crippen molar-refractivity contribution >= 4 is 5.97 Å². The first-order valence-electron chi connectivity index (χ1n) is 5.23. The van der Waals surface area contributed by atoms with Crippen molar-refractivity contribution in [1.29, 1.82) is 5.26 Å². The lowest BCUT2D eigenvalue weighted by molar-refractivity contribution is -0.142. The smallest absolute Gasteiger partial charge is 0.416 e. The number of nitrogens with two attached hydrogens (primary N) is 1. The van der Waals surface area contributed by atoms with Gasteiger partial charge in [-0.2, -0.15) is 18.4 Å². The molecule has 2 N–H and O–H groups in total. The maximum absolute atomic E-state index is 12.5. The molecule has 0 fully saturated rings. The molecule has 0 heterocycles. The Hall–Kier alpha value is -2.07. The fourth-order valence-corrected chi connectivity index (χ4v) is 1.51. The van der Waals surface area contributed by atoms with Gasteiger partial charge in [-0.3, -0.25) is 4.79 Å². The first kappa shape index (κ1) is 15.0. The molecule has 0 aliphatic rings. The summed E-state index contributed by atoms with van der Waals surface area (Å²) in [4.78, 5) is 11.1. The standard InChI is InChI=1S/C12H11F3N2O2/c1-19-11(18)10(17)5-7-2-3-9(12(13,14)15)4-8(7)6-16/h2-4,10H,5,17H2,1H3/t10-/m0/s1. The van der Waals surface area contributed by atoms with Crippen LogP contribution < -0.4 is 5.73 Å². The number of esters is 1. The zero-order valence-corrected chi connectivity index (χ0v) is 9.99. The van der Waals surface area contributed by atoms with E-state index in [1.807, 2.05) is 0 Å². The van der Waals surface area contributed by atoms with E-state index >= 15 is 0 Å². The van der Waals surface area contributed by atoms with Crippen LogP contribution in [0, 0.1) is 11.3 Å². The Labute approximate surface area is 107 Å². The van der Waals surface area contributed by atoms with Crippen molar-refractivity contribution in [3.8, 4) is 6.07 Å². The van der Waals surface area contributed by atoms with Crippen LogP contribution in [0.15, 0.2) is 18.2 Å². The average Bonchev–Trinajstić information content (AvgIpc) is 2.36. The van der Waals surface area contributed by atoms with Crippen molar-refractivity contribution in [3.05, 3.63) is 34.9 Å². The minimum absolute atomic E-state index is 0.0618. The molecule has 0 saturated carbocycles. The summed E-state index contributed by atoms with van der Waals surface area (Å²) >= 11 is 0. The average molecular weight is 272 g/mol. The van der Waals surface area contributed by atoms with Gasteiger partial charge in [0.1, 0.15) is 6.04 Å². The third kappa shape index (κ3) is 3.69. The van der Waals surface area contributed by atoms with Gasteiger partial charge in [0, 0.05) is 0 Å². The summed E-state index contributed by atoms with van der Waals surface area (Å²) in [6.45, 7) is 0. The largest absolute Gasteiger partial charge is 0.468 e. The molecule has 7 heteroatoms. The Morgan fingerprint density at radius 3 is 2.63 bits per heavy atom. The number of halogens is 3. The van der Waals surface area contributed by atoms with E-state index in [0.29, 0.717) is 0 Å². The zero-order valence-electron chi connectivity index (χ0n) is 9.99. The topological polar surface area (TPSA) is 76.1 Å². The van der Waals surface area contributed by atoms with Gasteiger partial charge in [0.15, 0.2) is 0 Å². The van der Waals surface area contributed by atoms with Crippen molar-refractivity contribution in [3.63, 3.8) is 0 Å². The van der Waals surface area contributed by atoms with Crippen LogP contribution >= 0.6 is 0 Å². The van der Waals surface area contributed by atoms with E-state index in [1.165, 1.54) is 0 Å².